The molecule has 3 aromatic rings. The highest BCUT2D eigenvalue weighted by atomic mass is 16.2. The molecule has 0 radical (unpaired) electrons. The molecule has 0 spiro atoms. The largest absolute Gasteiger partial charge is 0.351 e. The zero-order valence-corrected chi connectivity index (χ0v) is 22.1. The zero-order chi connectivity index (χ0) is 26.5. The summed E-state index contributed by atoms with van der Waals surface area (Å²) in [6, 6.07) is 12.4. The van der Waals surface area contributed by atoms with Gasteiger partial charge in [-0.15, -0.1) is 0 Å². The maximum atomic E-state index is 13.8. The van der Waals surface area contributed by atoms with Gasteiger partial charge in [-0.3, -0.25) is 19.4 Å². The molecule has 2 aliphatic heterocycles. The number of aromatic amines is 1. The van der Waals surface area contributed by atoms with Crippen LogP contribution in [0.4, 0.5) is 0 Å². The molecule has 0 saturated carbocycles. The molecule has 2 N–H and O–H groups in total. The number of aromatic nitrogens is 2. The summed E-state index contributed by atoms with van der Waals surface area (Å²) in [6.07, 6.45) is 2.51. The second kappa shape index (κ2) is 9.32. The highest BCUT2D eigenvalue weighted by Gasteiger charge is 2.50. The third kappa shape index (κ3) is 4.72. The maximum absolute atomic E-state index is 13.8. The van der Waals surface area contributed by atoms with Gasteiger partial charge in [-0.1, -0.05) is 58.9 Å². The predicted molar refractivity (Wildman–Crippen MR) is 142 cm³/mol. The highest BCUT2D eigenvalue weighted by Crippen LogP contribution is 2.34. The number of hydrogen-bond donors (Lipinski definition) is 2. The van der Waals surface area contributed by atoms with E-state index >= 15 is 0 Å². The van der Waals surface area contributed by atoms with Crippen molar-refractivity contribution in [2.45, 2.75) is 65.1 Å². The number of carbonyl (C=O) groups excluding carboxylic acids is 3. The molecule has 0 aliphatic carbocycles. The van der Waals surface area contributed by atoms with Crippen LogP contribution in [0.3, 0.4) is 0 Å². The minimum atomic E-state index is -0.694. The summed E-state index contributed by atoms with van der Waals surface area (Å²) in [5.41, 5.74) is 2.35. The second-order valence-electron chi connectivity index (χ2n) is 11.7. The van der Waals surface area contributed by atoms with Crippen LogP contribution in [0.25, 0.3) is 10.9 Å². The van der Waals surface area contributed by atoms with Gasteiger partial charge >= 0.3 is 0 Å². The number of piperazine rings is 1. The number of H-pyrrole nitrogens is 1. The lowest BCUT2D eigenvalue weighted by Gasteiger charge is -2.39. The lowest BCUT2D eigenvalue weighted by atomic mass is 9.85. The summed E-state index contributed by atoms with van der Waals surface area (Å²) < 4.78 is 0. The number of fused-ring (bicyclic) bond motifs is 3. The van der Waals surface area contributed by atoms with Gasteiger partial charge in [-0.2, -0.15) is 0 Å². The first-order valence-corrected chi connectivity index (χ1v) is 13.0. The lowest BCUT2D eigenvalue weighted by molar-refractivity contribution is -0.138. The number of nitrogens with zero attached hydrogens (tertiary/aromatic N) is 3. The Morgan fingerprint density at radius 2 is 1.73 bits per heavy atom. The monoisotopic (exact) mass is 501 g/mol. The SMILES string of the molecule is CC(C)c1ccc(C(=O)N2C[C@@H]3C[C@H]2CN3C(=O)[C@@H](NC(=O)c2cc3ccccc3[nH]2)C(C)(C)C)nc1. The van der Waals surface area contributed by atoms with Crippen molar-refractivity contribution in [2.75, 3.05) is 13.1 Å². The molecule has 3 amide bonds. The summed E-state index contributed by atoms with van der Waals surface area (Å²) >= 11 is 0. The molecule has 8 heteroatoms. The molecule has 2 aromatic heterocycles. The fourth-order valence-corrected chi connectivity index (χ4v) is 5.43. The minimum absolute atomic E-state index is 0.0435. The Hall–Kier alpha value is -3.68. The Kier molecular flexibility index (Phi) is 6.30. The first-order valence-electron chi connectivity index (χ1n) is 13.0. The molecule has 2 aliphatic rings. The number of nitrogens with one attached hydrogen (secondary N) is 2. The molecule has 2 bridgehead atoms. The molecule has 37 heavy (non-hydrogen) atoms. The van der Waals surface area contributed by atoms with E-state index in [0.29, 0.717) is 30.4 Å². The maximum Gasteiger partial charge on any atom is 0.272 e. The Labute approximate surface area is 217 Å². The summed E-state index contributed by atoms with van der Waals surface area (Å²) in [5, 5.41) is 3.94. The van der Waals surface area contributed by atoms with Crippen molar-refractivity contribution in [3.8, 4) is 0 Å². The number of carbonyl (C=O) groups is 3. The predicted octanol–water partition coefficient (Wildman–Crippen LogP) is 3.96. The van der Waals surface area contributed by atoms with Gasteiger partial charge in [0.15, 0.2) is 0 Å². The highest BCUT2D eigenvalue weighted by molar-refractivity contribution is 6.00. The second-order valence-corrected chi connectivity index (χ2v) is 11.7. The number of pyridine rings is 1. The smallest absolute Gasteiger partial charge is 0.272 e. The molecule has 4 heterocycles. The van der Waals surface area contributed by atoms with Gasteiger partial charge in [-0.25, -0.2) is 0 Å². The third-order valence-corrected chi connectivity index (χ3v) is 7.62. The van der Waals surface area contributed by atoms with Gasteiger partial charge in [0.1, 0.15) is 17.4 Å². The number of para-hydroxylation sites is 1. The quantitative estimate of drug-likeness (QED) is 0.553. The summed E-state index contributed by atoms with van der Waals surface area (Å²) in [6.45, 7) is 11.0. The Morgan fingerprint density at radius 3 is 2.32 bits per heavy atom. The van der Waals surface area contributed by atoms with E-state index in [9.17, 15) is 14.4 Å². The molecule has 0 unspecified atom stereocenters. The van der Waals surface area contributed by atoms with E-state index in [2.05, 4.69) is 29.1 Å². The van der Waals surface area contributed by atoms with E-state index in [-0.39, 0.29) is 29.8 Å². The van der Waals surface area contributed by atoms with E-state index in [0.717, 1.165) is 22.9 Å². The van der Waals surface area contributed by atoms with Crippen LogP contribution >= 0.6 is 0 Å². The van der Waals surface area contributed by atoms with Gasteiger partial charge in [-0.05, 0) is 41.5 Å². The van der Waals surface area contributed by atoms with Crippen molar-refractivity contribution < 1.29 is 14.4 Å². The van der Waals surface area contributed by atoms with Crippen molar-refractivity contribution in [1.82, 2.24) is 25.1 Å². The Balaban J connectivity index is 1.27. The fraction of sp³-hybridized carbons (Fsp3) is 0.448. The van der Waals surface area contributed by atoms with Crippen molar-refractivity contribution in [1.29, 1.82) is 0 Å². The molecule has 2 fully saturated rings. The van der Waals surface area contributed by atoms with Crippen LogP contribution in [0.5, 0.6) is 0 Å². The van der Waals surface area contributed by atoms with E-state index < -0.39 is 11.5 Å². The van der Waals surface area contributed by atoms with Crippen LogP contribution < -0.4 is 5.32 Å². The molecule has 8 nitrogen and oxygen atoms in total. The zero-order valence-electron chi connectivity index (χ0n) is 22.1. The summed E-state index contributed by atoms with van der Waals surface area (Å²) in [4.78, 5) is 51.3. The van der Waals surface area contributed by atoms with Crippen molar-refractivity contribution in [3.05, 3.63) is 65.6 Å². The molecular weight excluding hydrogens is 466 g/mol. The van der Waals surface area contributed by atoms with E-state index in [1.807, 2.05) is 60.9 Å². The van der Waals surface area contributed by atoms with E-state index in [1.165, 1.54) is 0 Å². The normalized spacial score (nSPS) is 20.1. The number of rotatable bonds is 5. The molecule has 2 saturated heterocycles. The van der Waals surface area contributed by atoms with Crippen molar-refractivity contribution in [3.63, 3.8) is 0 Å². The first kappa shape index (κ1) is 25.0. The van der Waals surface area contributed by atoms with Gasteiger partial charge in [0.25, 0.3) is 11.8 Å². The fourth-order valence-electron chi connectivity index (χ4n) is 5.43. The molecular formula is C29H35N5O3. The summed E-state index contributed by atoms with van der Waals surface area (Å²) in [7, 11) is 0. The van der Waals surface area contributed by atoms with Crippen LogP contribution in [-0.2, 0) is 4.79 Å². The molecule has 5 rings (SSSR count). The van der Waals surface area contributed by atoms with E-state index in [1.54, 1.807) is 18.3 Å². The van der Waals surface area contributed by atoms with E-state index in [4.69, 9.17) is 0 Å². The van der Waals surface area contributed by atoms with Crippen LogP contribution in [0.15, 0.2) is 48.7 Å². The van der Waals surface area contributed by atoms with Gasteiger partial charge in [0, 0.05) is 30.2 Å². The Bertz CT molecular complexity index is 1300. The first-order chi connectivity index (χ1) is 17.5. The molecule has 194 valence electrons. The van der Waals surface area contributed by atoms with Gasteiger partial charge in [0.2, 0.25) is 5.91 Å². The standard InChI is InChI=1S/C29H35N5O3/c1-17(2)19-10-11-23(30-14-19)27(36)33-15-21-13-20(33)16-34(21)28(37)25(29(3,4)5)32-26(35)24-12-18-8-6-7-9-22(18)31-24/h6-12,14,17,20-21,25,31H,13,15-16H2,1-5H3,(H,32,35)/t20-,21-,25+/m0/s1. The number of benzene rings is 1. The van der Waals surface area contributed by atoms with Crippen LogP contribution in [0.2, 0.25) is 0 Å². The Morgan fingerprint density at radius 1 is 1.03 bits per heavy atom. The van der Waals surface area contributed by atoms with Crippen LogP contribution in [0, 0.1) is 5.41 Å². The van der Waals surface area contributed by atoms with Crippen molar-refractivity contribution >= 4 is 28.6 Å². The van der Waals surface area contributed by atoms with Gasteiger partial charge < -0.3 is 20.1 Å². The number of amides is 3. The average Bonchev–Trinajstić information content (AvgIpc) is 3.59. The molecule has 1 aromatic carbocycles. The van der Waals surface area contributed by atoms with Crippen molar-refractivity contribution in [2.24, 2.45) is 5.41 Å². The molecule has 3 atom stereocenters. The number of likely N-dealkylation sites (tertiary alicyclic amines) is 2. The third-order valence-electron chi connectivity index (χ3n) is 7.62. The topological polar surface area (TPSA) is 98.4 Å². The van der Waals surface area contributed by atoms with Crippen LogP contribution in [0.1, 0.15) is 73.5 Å². The average molecular weight is 502 g/mol. The summed E-state index contributed by atoms with van der Waals surface area (Å²) in [5.74, 6) is -0.141. The van der Waals surface area contributed by atoms with Gasteiger partial charge in [0.05, 0.1) is 12.1 Å². The lowest BCUT2D eigenvalue weighted by Crippen LogP contribution is -2.59. The number of hydrogen-bond acceptors (Lipinski definition) is 4. The van der Waals surface area contributed by atoms with Crippen LogP contribution in [-0.4, -0.2) is 68.7 Å². The minimum Gasteiger partial charge on any atom is -0.351 e.